The van der Waals surface area contributed by atoms with Gasteiger partial charge >= 0.3 is 5.97 Å². The number of halogens is 1. The number of hydrogen-bond acceptors (Lipinski definition) is 4. The maximum atomic E-state index is 11.3. The standard InChI is InChI=1S/C17H11ClN2O3/c18-11-5-7-12(8-6-11)19-20-15-13-4-2-1-3-10(13)9-14(16(15)21)17(22)23/h1-9,21H,(H,22,23). The molecule has 0 saturated carbocycles. The number of carboxylic acids is 1. The first kappa shape index (κ1) is 15.0. The van der Waals surface area contributed by atoms with Crippen LogP contribution in [0.2, 0.25) is 5.02 Å². The predicted octanol–water partition coefficient (Wildman–Crippen LogP) is 5.31. The lowest BCUT2D eigenvalue weighted by Crippen LogP contribution is -1.97. The van der Waals surface area contributed by atoms with Crippen LogP contribution in [-0.4, -0.2) is 16.2 Å². The molecule has 3 rings (SSSR count). The van der Waals surface area contributed by atoms with Gasteiger partial charge in [-0.25, -0.2) is 4.79 Å². The van der Waals surface area contributed by atoms with Gasteiger partial charge in [-0.2, -0.15) is 5.11 Å². The Morgan fingerprint density at radius 1 is 1.00 bits per heavy atom. The maximum Gasteiger partial charge on any atom is 0.339 e. The number of nitrogens with zero attached hydrogens (tertiary/aromatic N) is 2. The normalized spacial score (nSPS) is 11.2. The highest BCUT2D eigenvalue weighted by atomic mass is 35.5. The Kier molecular flexibility index (Phi) is 3.95. The van der Waals surface area contributed by atoms with Gasteiger partial charge in [0.25, 0.3) is 0 Å². The molecule has 0 bridgehead atoms. The number of carboxylic acid groups (broad SMARTS) is 1. The largest absolute Gasteiger partial charge is 0.505 e. The fourth-order valence-electron chi connectivity index (χ4n) is 2.20. The number of benzene rings is 3. The fourth-order valence-corrected chi connectivity index (χ4v) is 2.32. The van der Waals surface area contributed by atoms with Gasteiger partial charge in [-0.05, 0) is 35.7 Å². The van der Waals surface area contributed by atoms with Crippen LogP contribution in [0.25, 0.3) is 10.8 Å². The van der Waals surface area contributed by atoms with E-state index >= 15 is 0 Å². The number of fused-ring (bicyclic) bond motifs is 1. The Bertz CT molecular complexity index is 921. The van der Waals surface area contributed by atoms with E-state index in [4.69, 9.17) is 11.6 Å². The van der Waals surface area contributed by atoms with Crippen LogP contribution in [0.5, 0.6) is 5.75 Å². The summed E-state index contributed by atoms with van der Waals surface area (Å²) in [6, 6.07) is 15.2. The van der Waals surface area contributed by atoms with Gasteiger partial charge in [-0.3, -0.25) is 0 Å². The molecule has 0 radical (unpaired) electrons. The van der Waals surface area contributed by atoms with Gasteiger partial charge in [-0.1, -0.05) is 35.9 Å². The molecule has 0 aliphatic carbocycles. The molecule has 0 aliphatic rings. The number of carbonyl (C=O) groups is 1. The van der Waals surface area contributed by atoms with Gasteiger partial charge in [-0.15, -0.1) is 5.11 Å². The van der Waals surface area contributed by atoms with Crippen molar-refractivity contribution in [3.63, 3.8) is 0 Å². The smallest absolute Gasteiger partial charge is 0.339 e. The molecule has 6 heteroatoms. The second kappa shape index (κ2) is 6.06. The second-order valence-electron chi connectivity index (χ2n) is 4.82. The molecule has 0 saturated heterocycles. The summed E-state index contributed by atoms with van der Waals surface area (Å²) in [7, 11) is 0. The molecule has 0 aliphatic heterocycles. The summed E-state index contributed by atoms with van der Waals surface area (Å²) in [4.78, 5) is 11.3. The van der Waals surface area contributed by atoms with Crippen molar-refractivity contribution in [3.8, 4) is 5.75 Å². The van der Waals surface area contributed by atoms with Crippen LogP contribution < -0.4 is 0 Å². The average Bonchev–Trinajstić information content (AvgIpc) is 2.55. The van der Waals surface area contributed by atoms with Crippen LogP contribution in [0, 0.1) is 0 Å². The van der Waals surface area contributed by atoms with Crippen molar-refractivity contribution in [2.45, 2.75) is 0 Å². The van der Waals surface area contributed by atoms with E-state index in [9.17, 15) is 15.0 Å². The van der Waals surface area contributed by atoms with Crippen LogP contribution in [0.4, 0.5) is 11.4 Å². The van der Waals surface area contributed by atoms with Gasteiger partial charge in [0.2, 0.25) is 0 Å². The fraction of sp³-hybridized carbons (Fsp3) is 0. The minimum atomic E-state index is -1.23. The molecule has 0 amide bonds. The average molecular weight is 327 g/mol. The minimum Gasteiger partial charge on any atom is -0.505 e. The Hall–Kier alpha value is -2.92. The highest BCUT2D eigenvalue weighted by molar-refractivity contribution is 6.30. The molecule has 0 heterocycles. The first-order valence-corrected chi connectivity index (χ1v) is 7.09. The number of aromatic hydroxyl groups is 1. The number of hydrogen-bond donors (Lipinski definition) is 2. The second-order valence-corrected chi connectivity index (χ2v) is 5.26. The van der Waals surface area contributed by atoms with Crippen LogP contribution in [0.15, 0.2) is 64.8 Å². The summed E-state index contributed by atoms with van der Waals surface area (Å²) in [6.07, 6.45) is 0. The molecule has 0 unspecified atom stereocenters. The summed E-state index contributed by atoms with van der Waals surface area (Å²) in [6.45, 7) is 0. The SMILES string of the molecule is O=C(O)c1cc2ccccc2c(N=Nc2ccc(Cl)cc2)c1O. The van der Waals surface area contributed by atoms with Crippen molar-refractivity contribution >= 4 is 39.7 Å². The zero-order valence-corrected chi connectivity index (χ0v) is 12.5. The molecule has 3 aromatic rings. The van der Waals surface area contributed by atoms with Gasteiger partial charge < -0.3 is 10.2 Å². The van der Waals surface area contributed by atoms with Gasteiger partial charge in [0.15, 0.2) is 5.75 Å². The third-order valence-corrected chi connectivity index (χ3v) is 3.57. The van der Waals surface area contributed by atoms with Crippen molar-refractivity contribution in [1.82, 2.24) is 0 Å². The van der Waals surface area contributed by atoms with E-state index in [1.165, 1.54) is 6.07 Å². The minimum absolute atomic E-state index is 0.121. The summed E-state index contributed by atoms with van der Waals surface area (Å²) >= 11 is 5.81. The zero-order valence-electron chi connectivity index (χ0n) is 11.8. The summed E-state index contributed by atoms with van der Waals surface area (Å²) in [5.41, 5.74) is 0.447. The van der Waals surface area contributed by atoms with Crippen LogP contribution in [0.1, 0.15) is 10.4 Å². The van der Waals surface area contributed by atoms with E-state index < -0.39 is 11.7 Å². The number of rotatable bonds is 3. The monoisotopic (exact) mass is 326 g/mol. The van der Waals surface area contributed by atoms with Gasteiger partial charge in [0, 0.05) is 10.4 Å². The molecule has 23 heavy (non-hydrogen) atoms. The van der Waals surface area contributed by atoms with Crippen molar-refractivity contribution in [3.05, 3.63) is 65.2 Å². The van der Waals surface area contributed by atoms with Gasteiger partial charge in [0.1, 0.15) is 11.3 Å². The van der Waals surface area contributed by atoms with Crippen LogP contribution in [-0.2, 0) is 0 Å². The van der Waals surface area contributed by atoms with Crippen LogP contribution >= 0.6 is 11.6 Å². The van der Waals surface area contributed by atoms with E-state index in [0.717, 1.165) is 0 Å². The first-order valence-electron chi connectivity index (χ1n) is 6.71. The summed E-state index contributed by atoms with van der Waals surface area (Å²) in [5.74, 6) is -1.63. The van der Waals surface area contributed by atoms with Crippen LogP contribution in [0.3, 0.4) is 0 Å². The molecular weight excluding hydrogens is 316 g/mol. The van der Waals surface area contributed by atoms with E-state index in [1.54, 1.807) is 48.5 Å². The Labute approximate surface area is 136 Å². The molecule has 0 aromatic heterocycles. The van der Waals surface area contributed by atoms with Gasteiger partial charge in [0.05, 0.1) is 5.69 Å². The molecule has 0 fully saturated rings. The summed E-state index contributed by atoms with van der Waals surface area (Å²) < 4.78 is 0. The highest BCUT2D eigenvalue weighted by Gasteiger charge is 2.17. The Balaban J connectivity index is 2.16. The van der Waals surface area contributed by atoms with E-state index in [1.807, 2.05) is 0 Å². The van der Waals surface area contributed by atoms with Crippen molar-refractivity contribution in [2.24, 2.45) is 10.2 Å². The zero-order chi connectivity index (χ0) is 16.4. The Morgan fingerprint density at radius 2 is 1.70 bits per heavy atom. The Morgan fingerprint density at radius 3 is 2.39 bits per heavy atom. The third-order valence-electron chi connectivity index (χ3n) is 3.32. The van der Waals surface area contributed by atoms with Crippen molar-refractivity contribution in [1.29, 1.82) is 0 Å². The van der Waals surface area contributed by atoms with E-state index in [0.29, 0.717) is 21.5 Å². The molecule has 2 N–H and O–H groups in total. The number of aromatic carboxylic acids is 1. The predicted molar refractivity (Wildman–Crippen MR) is 88.2 cm³/mol. The molecule has 5 nitrogen and oxygen atoms in total. The third kappa shape index (κ3) is 3.00. The molecule has 0 spiro atoms. The lowest BCUT2D eigenvalue weighted by molar-refractivity contribution is 0.0694. The molecule has 114 valence electrons. The van der Waals surface area contributed by atoms with Crippen molar-refractivity contribution < 1.29 is 15.0 Å². The topological polar surface area (TPSA) is 82.2 Å². The lowest BCUT2D eigenvalue weighted by Gasteiger charge is -2.07. The van der Waals surface area contributed by atoms with Crippen molar-refractivity contribution in [2.75, 3.05) is 0 Å². The lowest BCUT2D eigenvalue weighted by atomic mass is 10.0. The first-order chi connectivity index (χ1) is 11.1. The molecule has 3 aromatic carbocycles. The molecule has 0 atom stereocenters. The van der Waals surface area contributed by atoms with E-state index in [-0.39, 0.29) is 11.3 Å². The highest BCUT2D eigenvalue weighted by Crippen LogP contribution is 2.39. The maximum absolute atomic E-state index is 11.3. The van der Waals surface area contributed by atoms with E-state index in [2.05, 4.69) is 10.2 Å². The summed E-state index contributed by atoms with van der Waals surface area (Å²) in [5, 5.41) is 29.4. The number of azo groups is 1. The quantitative estimate of drug-likeness (QED) is 0.639. The molecular formula is C17H11ClN2O3. The number of phenols is 1.